The van der Waals surface area contributed by atoms with E-state index in [1.165, 1.54) is 24.7 Å². The summed E-state index contributed by atoms with van der Waals surface area (Å²) in [6.45, 7) is 5.24. The van der Waals surface area contributed by atoms with Crippen LogP contribution in [0.1, 0.15) is 30.4 Å². The summed E-state index contributed by atoms with van der Waals surface area (Å²) in [5.41, 5.74) is 8.54. The van der Waals surface area contributed by atoms with Gasteiger partial charge in [-0.05, 0) is 44.2 Å². The smallest absolute Gasteiger partial charge is 0.322 e. The highest BCUT2D eigenvalue weighted by Gasteiger charge is 2.25. The second-order valence-corrected chi connectivity index (χ2v) is 6.10. The number of hydrogen-bond acceptors (Lipinski definition) is 4. The number of benzene rings is 1. The summed E-state index contributed by atoms with van der Waals surface area (Å²) in [5.74, 6) is 0.184. The molecule has 0 radical (unpaired) electrons. The maximum absolute atomic E-state index is 11.4. The minimum absolute atomic E-state index is 0.300. The van der Waals surface area contributed by atoms with Gasteiger partial charge in [0.05, 0.1) is 7.11 Å². The lowest BCUT2D eigenvalue weighted by atomic mass is 9.91. The molecule has 0 aromatic heterocycles. The van der Waals surface area contributed by atoms with Crippen LogP contribution in [0.5, 0.6) is 0 Å². The van der Waals surface area contributed by atoms with Gasteiger partial charge in [-0.3, -0.25) is 9.69 Å². The van der Waals surface area contributed by atoms with E-state index in [1.54, 1.807) is 0 Å². The van der Waals surface area contributed by atoms with Gasteiger partial charge in [-0.2, -0.15) is 0 Å². The molecule has 0 aliphatic carbocycles. The predicted molar refractivity (Wildman–Crippen MR) is 83.8 cm³/mol. The molecule has 4 heteroatoms. The maximum Gasteiger partial charge on any atom is 0.322 e. The van der Waals surface area contributed by atoms with Crippen molar-refractivity contribution < 1.29 is 9.53 Å². The molecular formula is C17H26N2O2. The SMILES string of the molecule is COC(=O)C(N)CC1CCCN(Cc2cccc(C)c2)C1. The number of nitrogens with zero attached hydrogens (tertiary/aromatic N) is 1. The quantitative estimate of drug-likeness (QED) is 0.844. The highest BCUT2D eigenvalue weighted by atomic mass is 16.5. The van der Waals surface area contributed by atoms with E-state index in [4.69, 9.17) is 10.5 Å². The van der Waals surface area contributed by atoms with Crippen molar-refractivity contribution in [2.24, 2.45) is 11.7 Å². The molecule has 0 amide bonds. The second kappa shape index (κ2) is 7.57. The Balaban J connectivity index is 1.87. The topological polar surface area (TPSA) is 55.6 Å². The second-order valence-electron chi connectivity index (χ2n) is 6.10. The lowest BCUT2D eigenvalue weighted by molar-refractivity contribution is -0.142. The lowest BCUT2D eigenvalue weighted by Crippen LogP contribution is -2.40. The molecule has 1 heterocycles. The number of ether oxygens (including phenoxy) is 1. The van der Waals surface area contributed by atoms with Crippen LogP contribution in [0.4, 0.5) is 0 Å². The van der Waals surface area contributed by atoms with Gasteiger partial charge in [0.2, 0.25) is 0 Å². The Morgan fingerprint density at radius 1 is 1.52 bits per heavy atom. The van der Waals surface area contributed by atoms with Crippen LogP contribution < -0.4 is 5.73 Å². The van der Waals surface area contributed by atoms with Crippen molar-refractivity contribution in [3.63, 3.8) is 0 Å². The van der Waals surface area contributed by atoms with Crippen molar-refractivity contribution in [2.45, 2.75) is 38.8 Å². The Bertz CT molecular complexity index is 476. The zero-order valence-corrected chi connectivity index (χ0v) is 13.0. The first kappa shape index (κ1) is 16.0. The molecule has 0 spiro atoms. The summed E-state index contributed by atoms with van der Waals surface area (Å²) in [6, 6.07) is 8.16. The number of likely N-dealkylation sites (tertiary alicyclic amines) is 1. The molecule has 4 nitrogen and oxygen atoms in total. The highest BCUT2D eigenvalue weighted by molar-refractivity contribution is 5.75. The van der Waals surface area contributed by atoms with Gasteiger partial charge >= 0.3 is 5.97 Å². The fraction of sp³-hybridized carbons (Fsp3) is 0.588. The molecule has 1 aromatic carbocycles. The first-order chi connectivity index (χ1) is 10.1. The number of esters is 1. The Kier molecular flexibility index (Phi) is 5.76. The molecular weight excluding hydrogens is 264 g/mol. The van der Waals surface area contributed by atoms with E-state index in [1.807, 2.05) is 0 Å². The van der Waals surface area contributed by atoms with E-state index >= 15 is 0 Å². The molecule has 1 fully saturated rings. The van der Waals surface area contributed by atoms with Gasteiger partial charge in [-0.25, -0.2) is 0 Å². The Morgan fingerprint density at radius 3 is 3.05 bits per heavy atom. The maximum atomic E-state index is 11.4. The average Bonchev–Trinajstić information content (AvgIpc) is 2.46. The van der Waals surface area contributed by atoms with Crippen LogP contribution in [0.15, 0.2) is 24.3 Å². The molecule has 1 saturated heterocycles. The Morgan fingerprint density at radius 2 is 2.33 bits per heavy atom. The lowest BCUT2D eigenvalue weighted by Gasteiger charge is -2.33. The summed E-state index contributed by atoms with van der Waals surface area (Å²) in [7, 11) is 1.40. The van der Waals surface area contributed by atoms with Crippen LogP contribution in [-0.4, -0.2) is 37.1 Å². The summed E-state index contributed by atoms with van der Waals surface area (Å²) in [4.78, 5) is 13.9. The summed E-state index contributed by atoms with van der Waals surface area (Å²) in [5, 5.41) is 0. The van der Waals surface area contributed by atoms with Gasteiger partial charge in [-0.15, -0.1) is 0 Å². The normalized spacial score (nSPS) is 21.0. The molecule has 0 bridgehead atoms. The Labute approximate surface area is 127 Å². The first-order valence-corrected chi connectivity index (χ1v) is 7.70. The Hall–Kier alpha value is -1.39. The van der Waals surface area contributed by atoms with E-state index in [2.05, 4.69) is 36.1 Å². The number of carbonyl (C=O) groups excluding carboxylic acids is 1. The summed E-state index contributed by atoms with van der Waals surface area (Å²) < 4.78 is 4.71. The minimum Gasteiger partial charge on any atom is -0.468 e. The minimum atomic E-state index is -0.487. The van der Waals surface area contributed by atoms with Gasteiger partial charge in [-0.1, -0.05) is 29.8 Å². The average molecular weight is 290 g/mol. The van der Waals surface area contributed by atoms with Crippen LogP contribution in [0.25, 0.3) is 0 Å². The third-order valence-corrected chi connectivity index (χ3v) is 4.18. The molecule has 2 N–H and O–H groups in total. The fourth-order valence-corrected chi connectivity index (χ4v) is 3.16. The van der Waals surface area contributed by atoms with Crippen LogP contribution in [0.3, 0.4) is 0 Å². The van der Waals surface area contributed by atoms with Crippen molar-refractivity contribution in [1.82, 2.24) is 4.90 Å². The van der Waals surface area contributed by atoms with E-state index in [-0.39, 0.29) is 5.97 Å². The third-order valence-electron chi connectivity index (χ3n) is 4.18. The van der Waals surface area contributed by atoms with Gasteiger partial charge in [0.15, 0.2) is 0 Å². The molecule has 2 atom stereocenters. The number of aryl methyl sites for hydroxylation is 1. The van der Waals surface area contributed by atoms with Gasteiger partial charge in [0, 0.05) is 13.1 Å². The molecule has 0 saturated carbocycles. The zero-order valence-electron chi connectivity index (χ0n) is 13.0. The van der Waals surface area contributed by atoms with Crippen molar-refractivity contribution in [1.29, 1.82) is 0 Å². The highest BCUT2D eigenvalue weighted by Crippen LogP contribution is 2.22. The van der Waals surface area contributed by atoms with Crippen molar-refractivity contribution >= 4 is 5.97 Å². The van der Waals surface area contributed by atoms with Crippen molar-refractivity contribution in [3.8, 4) is 0 Å². The van der Waals surface area contributed by atoms with Crippen LogP contribution in [0, 0.1) is 12.8 Å². The van der Waals surface area contributed by atoms with Gasteiger partial charge in [0.1, 0.15) is 6.04 Å². The monoisotopic (exact) mass is 290 g/mol. The number of methoxy groups -OCH3 is 1. The van der Waals surface area contributed by atoms with E-state index in [0.717, 1.165) is 32.5 Å². The molecule has 1 aromatic rings. The zero-order chi connectivity index (χ0) is 15.2. The number of hydrogen-bond donors (Lipinski definition) is 1. The van der Waals surface area contributed by atoms with Crippen LogP contribution in [-0.2, 0) is 16.1 Å². The molecule has 2 unspecified atom stereocenters. The largest absolute Gasteiger partial charge is 0.468 e. The number of nitrogens with two attached hydrogens (primary N) is 1. The summed E-state index contributed by atoms with van der Waals surface area (Å²) in [6.07, 6.45) is 3.04. The van der Waals surface area contributed by atoms with Gasteiger partial charge < -0.3 is 10.5 Å². The van der Waals surface area contributed by atoms with E-state index in [0.29, 0.717) is 5.92 Å². The number of rotatable bonds is 5. The number of piperidine rings is 1. The van der Waals surface area contributed by atoms with Crippen molar-refractivity contribution in [2.75, 3.05) is 20.2 Å². The van der Waals surface area contributed by atoms with E-state index in [9.17, 15) is 4.79 Å². The molecule has 1 aliphatic heterocycles. The molecule has 1 aliphatic rings. The van der Waals surface area contributed by atoms with Crippen LogP contribution in [0.2, 0.25) is 0 Å². The third kappa shape index (κ3) is 4.83. The molecule has 116 valence electrons. The van der Waals surface area contributed by atoms with Gasteiger partial charge in [0.25, 0.3) is 0 Å². The molecule has 2 rings (SSSR count). The molecule has 21 heavy (non-hydrogen) atoms. The fourth-order valence-electron chi connectivity index (χ4n) is 3.16. The predicted octanol–water partition coefficient (Wildman–Crippen LogP) is 2.10. The standard InChI is InChI=1S/C17H26N2O2/c1-13-5-3-6-14(9-13)11-19-8-4-7-15(12-19)10-16(18)17(20)21-2/h3,5-6,9,15-16H,4,7-8,10-12,18H2,1-2H3. The first-order valence-electron chi connectivity index (χ1n) is 7.70. The van der Waals surface area contributed by atoms with Crippen LogP contribution >= 0.6 is 0 Å². The summed E-state index contributed by atoms with van der Waals surface area (Å²) >= 11 is 0. The number of carbonyl (C=O) groups is 1. The van der Waals surface area contributed by atoms with E-state index < -0.39 is 6.04 Å². The van der Waals surface area contributed by atoms with Crippen molar-refractivity contribution in [3.05, 3.63) is 35.4 Å².